The van der Waals surface area contributed by atoms with E-state index in [1.165, 1.54) is 9.25 Å². The summed E-state index contributed by atoms with van der Waals surface area (Å²) in [7, 11) is 0. The second kappa shape index (κ2) is 7.95. The van der Waals surface area contributed by atoms with Gasteiger partial charge < -0.3 is 9.64 Å². The summed E-state index contributed by atoms with van der Waals surface area (Å²) in [5, 5.41) is 4.29. The van der Waals surface area contributed by atoms with Gasteiger partial charge in [0, 0.05) is 19.6 Å². The molecule has 0 saturated carbocycles. The van der Waals surface area contributed by atoms with Crippen LogP contribution in [0.25, 0.3) is 0 Å². The number of para-hydroxylation sites is 1. The fourth-order valence-electron chi connectivity index (χ4n) is 3.50. The van der Waals surface area contributed by atoms with Gasteiger partial charge in [-0.3, -0.25) is 9.36 Å². The molecule has 0 unspecified atom stereocenters. The molecule has 0 N–H and O–H groups in total. The van der Waals surface area contributed by atoms with E-state index < -0.39 is 0 Å². The lowest BCUT2D eigenvalue weighted by Crippen LogP contribution is -2.42. The molecule has 7 heteroatoms. The smallest absolute Gasteiger partial charge is 0.346 e. The lowest BCUT2D eigenvalue weighted by atomic mass is 10.0. The second-order valence-electron chi connectivity index (χ2n) is 7.30. The molecule has 3 aromatic rings. The molecule has 1 aliphatic rings. The Labute approximate surface area is 169 Å². The van der Waals surface area contributed by atoms with Crippen LogP contribution in [0.2, 0.25) is 0 Å². The van der Waals surface area contributed by atoms with Gasteiger partial charge in [-0.2, -0.15) is 0 Å². The molecule has 2 heterocycles. The molecule has 1 aliphatic heterocycles. The largest absolute Gasteiger partial charge is 0.492 e. The van der Waals surface area contributed by atoms with Crippen molar-refractivity contribution in [1.29, 1.82) is 0 Å². The minimum absolute atomic E-state index is 0.200. The molecule has 0 fully saturated rings. The number of aromatic nitrogens is 3. The third-order valence-electron chi connectivity index (χ3n) is 5.18. The van der Waals surface area contributed by atoms with Crippen LogP contribution in [-0.4, -0.2) is 38.3 Å². The fourth-order valence-corrected chi connectivity index (χ4v) is 3.50. The Morgan fingerprint density at radius 3 is 2.62 bits per heavy atom. The average Bonchev–Trinajstić information content (AvgIpc) is 3.04. The van der Waals surface area contributed by atoms with Crippen molar-refractivity contribution in [2.24, 2.45) is 0 Å². The molecule has 7 nitrogen and oxygen atoms in total. The SMILES string of the molecule is Cc1ccc(C)c(CN2CCn3c(nn(CCOc4ccccc4)c3=O)C2=O)c1. The van der Waals surface area contributed by atoms with Crippen LogP contribution < -0.4 is 10.4 Å². The number of carbonyl (C=O) groups is 1. The van der Waals surface area contributed by atoms with Gasteiger partial charge >= 0.3 is 5.69 Å². The Bertz CT molecular complexity index is 1090. The number of aryl methyl sites for hydroxylation is 2. The van der Waals surface area contributed by atoms with Crippen molar-refractivity contribution in [1.82, 2.24) is 19.2 Å². The molecule has 0 saturated heterocycles. The van der Waals surface area contributed by atoms with Crippen molar-refractivity contribution in [2.45, 2.75) is 33.5 Å². The van der Waals surface area contributed by atoms with Crippen LogP contribution in [0.4, 0.5) is 0 Å². The maximum atomic E-state index is 12.9. The van der Waals surface area contributed by atoms with E-state index in [9.17, 15) is 9.59 Å². The van der Waals surface area contributed by atoms with Crippen molar-refractivity contribution in [3.8, 4) is 5.75 Å². The number of benzene rings is 2. The molecule has 0 bridgehead atoms. The summed E-state index contributed by atoms with van der Waals surface area (Å²) in [6.45, 7) is 6.14. The lowest BCUT2D eigenvalue weighted by Gasteiger charge is -2.27. The van der Waals surface area contributed by atoms with Crippen LogP contribution in [0.3, 0.4) is 0 Å². The zero-order chi connectivity index (χ0) is 20.4. The van der Waals surface area contributed by atoms with Crippen molar-refractivity contribution in [3.05, 3.63) is 81.5 Å². The Kier molecular flexibility index (Phi) is 5.20. The topological polar surface area (TPSA) is 69.4 Å². The first-order valence-corrected chi connectivity index (χ1v) is 9.74. The normalized spacial score (nSPS) is 13.4. The first kappa shape index (κ1) is 19.0. The first-order chi connectivity index (χ1) is 14.0. The van der Waals surface area contributed by atoms with E-state index in [1.54, 1.807) is 4.90 Å². The molecule has 1 aromatic heterocycles. The van der Waals surface area contributed by atoms with Crippen LogP contribution in [-0.2, 0) is 19.6 Å². The number of hydrogen-bond donors (Lipinski definition) is 0. The molecule has 150 valence electrons. The Balaban J connectivity index is 1.47. The van der Waals surface area contributed by atoms with Crippen LogP contribution in [0.15, 0.2) is 53.3 Å². The highest BCUT2D eigenvalue weighted by Gasteiger charge is 2.29. The zero-order valence-corrected chi connectivity index (χ0v) is 16.7. The van der Waals surface area contributed by atoms with Gasteiger partial charge in [0.2, 0.25) is 5.82 Å². The monoisotopic (exact) mass is 392 g/mol. The van der Waals surface area contributed by atoms with Crippen molar-refractivity contribution >= 4 is 5.91 Å². The predicted octanol–water partition coefficient (Wildman–Crippen LogP) is 2.40. The van der Waals surface area contributed by atoms with Gasteiger partial charge in [0.25, 0.3) is 5.91 Å². The lowest BCUT2D eigenvalue weighted by molar-refractivity contribution is 0.0680. The quantitative estimate of drug-likeness (QED) is 0.646. The summed E-state index contributed by atoms with van der Waals surface area (Å²) >= 11 is 0. The maximum absolute atomic E-state index is 12.9. The van der Waals surface area contributed by atoms with Gasteiger partial charge in [0.1, 0.15) is 12.4 Å². The Morgan fingerprint density at radius 2 is 1.83 bits per heavy atom. The number of carbonyl (C=O) groups excluding carboxylic acids is 1. The molecule has 0 radical (unpaired) electrons. The average molecular weight is 392 g/mol. The van der Waals surface area contributed by atoms with E-state index in [1.807, 2.05) is 44.2 Å². The van der Waals surface area contributed by atoms with E-state index in [0.29, 0.717) is 26.2 Å². The highest BCUT2D eigenvalue weighted by molar-refractivity contribution is 5.91. The molecule has 0 spiro atoms. The van der Waals surface area contributed by atoms with Crippen LogP contribution in [0.1, 0.15) is 27.3 Å². The summed E-state index contributed by atoms with van der Waals surface area (Å²) < 4.78 is 8.42. The number of rotatable bonds is 6. The van der Waals surface area contributed by atoms with Gasteiger partial charge in [-0.05, 0) is 37.1 Å². The van der Waals surface area contributed by atoms with Crippen LogP contribution in [0.5, 0.6) is 5.75 Å². The van der Waals surface area contributed by atoms with E-state index in [4.69, 9.17) is 4.74 Å². The first-order valence-electron chi connectivity index (χ1n) is 9.74. The van der Waals surface area contributed by atoms with Crippen LogP contribution in [0, 0.1) is 13.8 Å². The van der Waals surface area contributed by atoms with Gasteiger partial charge in [0.15, 0.2) is 0 Å². The molecule has 2 aromatic carbocycles. The van der Waals surface area contributed by atoms with E-state index >= 15 is 0 Å². The third kappa shape index (κ3) is 3.94. The third-order valence-corrected chi connectivity index (χ3v) is 5.18. The minimum Gasteiger partial charge on any atom is -0.492 e. The number of ether oxygens (including phenoxy) is 1. The van der Waals surface area contributed by atoms with E-state index in [2.05, 4.69) is 23.3 Å². The summed E-state index contributed by atoms with van der Waals surface area (Å²) in [5.74, 6) is 0.726. The predicted molar refractivity (Wildman–Crippen MR) is 109 cm³/mol. The number of nitrogens with zero attached hydrogens (tertiary/aromatic N) is 4. The van der Waals surface area contributed by atoms with Crippen molar-refractivity contribution < 1.29 is 9.53 Å². The van der Waals surface area contributed by atoms with Gasteiger partial charge in [-0.15, -0.1) is 5.10 Å². The highest BCUT2D eigenvalue weighted by Crippen LogP contribution is 2.17. The van der Waals surface area contributed by atoms with Gasteiger partial charge in [0.05, 0.1) is 6.54 Å². The van der Waals surface area contributed by atoms with Crippen LogP contribution >= 0.6 is 0 Å². The van der Waals surface area contributed by atoms with Gasteiger partial charge in [-0.1, -0.05) is 42.0 Å². The molecule has 0 atom stereocenters. The minimum atomic E-state index is -0.267. The highest BCUT2D eigenvalue weighted by atomic mass is 16.5. The van der Waals surface area contributed by atoms with Gasteiger partial charge in [-0.25, -0.2) is 9.48 Å². The summed E-state index contributed by atoms with van der Waals surface area (Å²) in [6.07, 6.45) is 0. The maximum Gasteiger partial charge on any atom is 0.346 e. The molecular weight excluding hydrogens is 368 g/mol. The Morgan fingerprint density at radius 1 is 1.03 bits per heavy atom. The van der Waals surface area contributed by atoms with E-state index in [0.717, 1.165) is 22.4 Å². The number of hydrogen-bond acceptors (Lipinski definition) is 4. The van der Waals surface area contributed by atoms with E-state index in [-0.39, 0.29) is 24.0 Å². The second-order valence-corrected chi connectivity index (χ2v) is 7.30. The molecule has 0 aliphatic carbocycles. The number of amides is 1. The summed E-state index contributed by atoms with van der Waals surface area (Å²) in [6, 6.07) is 15.6. The standard InChI is InChI=1S/C22H24N4O3/c1-16-8-9-17(2)18(14-16)15-24-10-11-25-20(21(24)27)23-26(22(25)28)12-13-29-19-6-4-3-5-7-19/h3-9,14H,10-13,15H2,1-2H3. The molecule has 1 amide bonds. The molecule has 29 heavy (non-hydrogen) atoms. The molecular formula is C22H24N4O3. The van der Waals surface area contributed by atoms with Crippen molar-refractivity contribution in [2.75, 3.05) is 13.2 Å². The zero-order valence-electron chi connectivity index (χ0n) is 16.7. The van der Waals surface area contributed by atoms with Crippen molar-refractivity contribution in [3.63, 3.8) is 0 Å². The molecule has 4 rings (SSSR count). The Hall–Kier alpha value is -3.35. The number of fused-ring (bicyclic) bond motifs is 1. The summed E-state index contributed by atoms with van der Waals surface area (Å²) in [4.78, 5) is 27.3. The fraction of sp³-hybridized carbons (Fsp3) is 0.318. The summed E-state index contributed by atoms with van der Waals surface area (Å²) in [5.41, 5.74) is 3.16.